The minimum absolute atomic E-state index is 0.0665. The molecule has 1 saturated heterocycles. The molecule has 1 atom stereocenters. The van der Waals surface area contributed by atoms with Crippen molar-refractivity contribution >= 4 is 28.6 Å². The molecule has 27 heavy (non-hydrogen) atoms. The summed E-state index contributed by atoms with van der Waals surface area (Å²) in [6, 6.07) is 1.71. The van der Waals surface area contributed by atoms with Crippen LogP contribution in [0.5, 0.6) is 0 Å². The van der Waals surface area contributed by atoms with E-state index < -0.39 is 11.6 Å². The molecule has 3 heterocycles. The maximum atomic E-state index is 12.7. The number of carbonyl (C=O) groups excluding carboxylic acids is 2. The first-order chi connectivity index (χ1) is 12.7. The van der Waals surface area contributed by atoms with Gasteiger partial charge in [-0.25, -0.2) is 9.78 Å². The number of pyridine rings is 1. The first-order valence-electron chi connectivity index (χ1n) is 8.98. The first-order valence-corrected chi connectivity index (χ1v) is 8.98. The molecule has 2 aromatic rings. The van der Waals surface area contributed by atoms with Gasteiger partial charge >= 0.3 is 5.97 Å². The van der Waals surface area contributed by atoms with E-state index in [1.165, 1.54) is 6.08 Å². The van der Waals surface area contributed by atoms with Gasteiger partial charge in [0.1, 0.15) is 11.4 Å². The maximum absolute atomic E-state index is 12.7. The molecule has 2 aromatic heterocycles. The number of carbonyl (C=O) groups is 2. The second kappa shape index (κ2) is 7.02. The lowest BCUT2D eigenvalue weighted by atomic mass is 10.1. The molecule has 1 amide bonds. The molecular weight excluding hydrogens is 346 g/mol. The van der Waals surface area contributed by atoms with Crippen molar-refractivity contribution < 1.29 is 14.3 Å². The predicted molar refractivity (Wildman–Crippen MR) is 102 cm³/mol. The van der Waals surface area contributed by atoms with Crippen LogP contribution in [0.15, 0.2) is 24.9 Å². The Bertz CT molecular complexity index is 897. The number of nitrogen functional groups attached to an aromatic ring is 1. The fourth-order valence-corrected chi connectivity index (χ4v) is 3.34. The van der Waals surface area contributed by atoms with E-state index in [1.54, 1.807) is 42.6 Å². The number of nitrogens with two attached hydrogens (primary N) is 1. The molecule has 0 aliphatic carbocycles. The number of fused-ring (bicyclic) bond motifs is 1. The fraction of sp³-hybridized carbons (Fsp3) is 0.474. The van der Waals surface area contributed by atoms with E-state index in [-0.39, 0.29) is 23.5 Å². The lowest BCUT2D eigenvalue weighted by Gasteiger charge is -2.32. The highest BCUT2D eigenvalue weighted by molar-refractivity contribution is 6.06. The average molecular weight is 371 g/mol. The Morgan fingerprint density at radius 1 is 1.41 bits per heavy atom. The Hall–Kier alpha value is -2.90. The van der Waals surface area contributed by atoms with Crippen molar-refractivity contribution in [2.45, 2.75) is 45.3 Å². The first kappa shape index (κ1) is 18.9. The number of hydrogen-bond acceptors (Lipinski definition) is 6. The number of esters is 1. The van der Waals surface area contributed by atoms with Crippen LogP contribution >= 0.6 is 0 Å². The predicted octanol–water partition coefficient (Wildman–Crippen LogP) is 2.32. The highest BCUT2D eigenvalue weighted by atomic mass is 16.6. The lowest BCUT2D eigenvalue weighted by Crippen LogP contribution is -2.40. The summed E-state index contributed by atoms with van der Waals surface area (Å²) in [4.78, 5) is 30.5. The summed E-state index contributed by atoms with van der Waals surface area (Å²) in [6.45, 7) is 10.1. The van der Waals surface area contributed by atoms with Crippen molar-refractivity contribution in [1.82, 2.24) is 19.7 Å². The fourth-order valence-electron chi connectivity index (χ4n) is 3.34. The zero-order chi connectivity index (χ0) is 19.8. The molecule has 144 valence electrons. The van der Waals surface area contributed by atoms with E-state index in [2.05, 4.69) is 16.7 Å². The summed E-state index contributed by atoms with van der Waals surface area (Å²) in [6.07, 6.45) is 4.59. The van der Waals surface area contributed by atoms with Crippen molar-refractivity contribution in [3.05, 3.63) is 30.6 Å². The number of hydrogen-bond donors (Lipinski definition) is 1. The van der Waals surface area contributed by atoms with Crippen LogP contribution in [0.3, 0.4) is 0 Å². The van der Waals surface area contributed by atoms with Gasteiger partial charge in [0.15, 0.2) is 5.69 Å². The van der Waals surface area contributed by atoms with Crippen molar-refractivity contribution in [2.24, 2.45) is 0 Å². The van der Waals surface area contributed by atoms with Gasteiger partial charge in [0.05, 0.1) is 16.9 Å². The van der Waals surface area contributed by atoms with E-state index in [0.717, 1.165) is 12.8 Å². The van der Waals surface area contributed by atoms with Crippen LogP contribution in [0, 0.1) is 0 Å². The molecule has 2 N–H and O–H groups in total. The number of anilines is 1. The molecule has 0 spiro atoms. The third-order valence-electron chi connectivity index (χ3n) is 4.47. The number of nitrogens with zero attached hydrogens (tertiary/aromatic N) is 4. The Morgan fingerprint density at radius 2 is 2.15 bits per heavy atom. The van der Waals surface area contributed by atoms with E-state index in [1.807, 2.05) is 0 Å². The highest BCUT2D eigenvalue weighted by Gasteiger charge is 2.30. The van der Waals surface area contributed by atoms with Gasteiger partial charge in [-0.05, 0) is 45.8 Å². The van der Waals surface area contributed by atoms with Crippen LogP contribution in [-0.4, -0.2) is 50.2 Å². The summed E-state index contributed by atoms with van der Waals surface area (Å²) in [5.41, 5.74) is 6.26. The van der Waals surface area contributed by atoms with Crippen LogP contribution in [0.1, 0.15) is 50.1 Å². The zero-order valence-corrected chi connectivity index (χ0v) is 15.9. The van der Waals surface area contributed by atoms with Gasteiger partial charge in [-0.3, -0.25) is 9.48 Å². The Morgan fingerprint density at radius 3 is 2.81 bits per heavy atom. The highest BCUT2D eigenvalue weighted by Crippen LogP contribution is 2.30. The summed E-state index contributed by atoms with van der Waals surface area (Å²) in [7, 11) is 0. The number of likely N-dealkylation sites (tertiary alicyclic amines) is 1. The van der Waals surface area contributed by atoms with Crippen molar-refractivity contribution in [3.8, 4) is 0 Å². The summed E-state index contributed by atoms with van der Waals surface area (Å²) >= 11 is 0. The second-order valence-corrected chi connectivity index (χ2v) is 7.67. The minimum Gasteiger partial charge on any atom is -0.455 e. The van der Waals surface area contributed by atoms with Crippen LogP contribution < -0.4 is 5.73 Å². The quantitative estimate of drug-likeness (QED) is 0.656. The zero-order valence-electron chi connectivity index (χ0n) is 15.9. The molecule has 8 heteroatoms. The van der Waals surface area contributed by atoms with E-state index >= 15 is 0 Å². The monoisotopic (exact) mass is 371 g/mol. The molecule has 1 aliphatic rings. The Kier molecular flexibility index (Phi) is 4.91. The minimum atomic E-state index is -0.651. The van der Waals surface area contributed by atoms with E-state index in [4.69, 9.17) is 10.5 Å². The summed E-state index contributed by atoms with van der Waals surface area (Å²) in [5, 5.41) is 5.02. The van der Waals surface area contributed by atoms with Gasteiger partial charge in [0.2, 0.25) is 5.91 Å². The van der Waals surface area contributed by atoms with E-state index in [9.17, 15) is 9.59 Å². The maximum Gasteiger partial charge on any atom is 0.360 e. The molecule has 0 radical (unpaired) electrons. The van der Waals surface area contributed by atoms with E-state index in [0.29, 0.717) is 24.0 Å². The number of rotatable bonds is 3. The van der Waals surface area contributed by atoms with Gasteiger partial charge in [-0.15, -0.1) is 0 Å². The second-order valence-electron chi connectivity index (χ2n) is 7.67. The number of aromatic nitrogens is 3. The molecule has 3 rings (SSSR count). The van der Waals surface area contributed by atoms with Crippen molar-refractivity contribution in [3.63, 3.8) is 0 Å². The Labute approximate surface area is 158 Å². The summed E-state index contributed by atoms with van der Waals surface area (Å²) in [5.74, 6) is -0.417. The Balaban J connectivity index is 2.04. The number of piperidine rings is 1. The number of amides is 1. The SMILES string of the molecule is C=CC(=O)N1CCC[C@@H](n2nc(C(=O)OC(C)(C)C)c3c(N)nccc32)C1. The van der Waals surface area contributed by atoms with Gasteiger partial charge in [-0.1, -0.05) is 6.58 Å². The molecular formula is C19H25N5O3. The van der Waals surface area contributed by atoms with Crippen molar-refractivity contribution in [1.29, 1.82) is 0 Å². The average Bonchev–Trinajstić information content (AvgIpc) is 3.01. The van der Waals surface area contributed by atoms with Crippen LogP contribution in [-0.2, 0) is 9.53 Å². The van der Waals surface area contributed by atoms with Gasteiger partial charge in [-0.2, -0.15) is 5.10 Å². The van der Waals surface area contributed by atoms with Crippen LogP contribution in [0.2, 0.25) is 0 Å². The van der Waals surface area contributed by atoms with Crippen molar-refractivity contribution in [2.75, 3.05) is 18.8 Å². The molecule has 0 unspecified atom stereocenters. The molecule has 0 bridgehead atoms. The molecule has 1 aliphatic heterocycles. The van der Waals surface area contributed by atoms with Crippen LogP contribution in [0.4, 0.5) is 5.82 Å². The van der Waals surface area contributed by atoms with Gasteiger partial charge in [0.25, 0.3) is 0 Å². The standard InChI is InChI=1S/C19H25N5O3/c1-5-14(25)23-10-6-7-12(11-23)24-13-8-9-21-17(20)15(13)16(22-24)18(26)27-19(2,3)4/h5,8-9,12H,1,6-7,10-11H2,2-4H3,(H2,20,21)/t12-/m1/s1. The molecule has 8 nitrogen and oxygen atoms in total. The summed E-state index contributed by atoms with van der Waals surface area (Å²) < 4.78 is 7.26. The molecule has 0 saturated carbocycles. The third kappa shape index (κ3) is 3.79. The third-order valence-corrected chi connectivity index (χ3v) is 4.47. The lowest BCUT2D eigenvalue weighted by molar-refractivity contribution is -0.127. The topological polar surface area (TPSA) is 103 Å². The van der Waals surface area contributed by atoms with Gasteiger partial charge in [0, 0.05) is 19.3 Å². The normalized spacial score (nSPS) is 17.7. The number of ether oxygens (including phenoxy) is 1. The molecule has 0 aromatic carbocycles. The largest absolute Gasteiger partial charge is 0.455 e. The smallest absolute Gasteiger partial charge is 0.360 e. The van der Waals surface area contributed by atoms with Gasteiger partial charge < -0.3 is 15.4 Å². The van der Waals surface area contributed by atoms with Crippen LogP contribution in [0.25, 0.3) is 10.9 Å². The molecule has 1 fully saturated rings.